The van der Waals surface area contributed by atoms with Crippen molar-refractivity contribution in [3.8, 4) is 0 Å². The fourth-order valence-corrected chi connectivity index (χ4v) is 10.8. The van der Waals surface area contributed by atoms with Gasteiger partial charge in [0.25, 0.3) is 12.4 Å². The summed E-state index contributed by atoms with van der Waals surface area (Å²) in [6.07, 6.45) is 29.3. The fourth-order valence-electron chi connectivity index (χ4n) is 10.8. The van der Waals surface area contributed by atoms with Crippen molar-refractivity contribution in [2.75, 3.05) is 18.0 Å². The van der Waals surface area contributed by atoms with Crippen molar-refractivity contribution in [1.29, 1.82) is 0 Å². The molecular weight excluding hydrogens is 839 g/mol. The minimum Gasteiger partial charge on any atom is -0.444 e. The lowest BCUT2D eigenvalue weighted by Gasteiger charge is -2.25. The van der Waals surface area contributed by atoms with E-state index in [1.807, 2.05) is 12.1 Å². The number of unbranched alkanes of at least 4 members (excludes halogenated alkanes) is 4. The third-order valence-corrected chi connectivity index (χ3v) is 14.7. The van der Waals surface area contributed by atoms with Crippen molar-refractivity contribution in [3.63, 3.8) is 0 Å². The Labute approximate surface area is 410 Å². The molecule has 1 N–H and O–H groups in total. The lowest BCUT2D eigenvalue weighted by Crippen LogP contribution is -2.36. The Bertz CT molecular complexity index is 2380. The topological polar surface area (TPSA) is 78.7 Å². The number of amides is 1. The number of allylic oxidation sites excluding steroid dienone is 8. The number of carbonyl (C=O) groups excluding carboxylic acids is 3. The number of carbonyl (C=O) groups is 3. The van der Waals surface area contributed by atoms with Gasteiger partial charge in [0.15, 0.2) is 11.9 Å². The average Bonchev–Trinajstić information content (AvgIpc) is 4.04. The van der Waals surface area contributed by atoms with Gasteiger partial charge in [-0.3, -0.25) is 14.4 Å². The number of ketones is 1. The summed E-state index contributed by atoms with van der Waals surface area (Å²) in [5, 5.41) is 2.71. The fraction of sp³-hybridized carbons (Fsp3) is 0.475. The summed E-state index contributed by atoms with van der Waals surface area (Å²) in [4.78, 5) is 37.7. The molecule has 0 aromatic heterocycles. The van der Waals surface area contributed by atoms with Crippen molar-refractivity contribution in [1.82, 2.24) is 5.32 Å². The first-order valence-corrected chi connectivity index (χ1v) is 25.2. The molecule has 1 saturated carbocycles. The normalized spacial score (nSPS) is 20.3. The van der Waals surface area contributed by atoms with Crippen LogP contribution in [0.2, 0.25) is 0 Å². The second kappa shape index (κ2) is 24.6. The third kappa shape index (κ3) is 12.9. The van der Waals surface area contributed by atoms with E-state index in [0.29, 0.717) is 24.2 Å². The number of anilines is 1. The predicted octanol–water partition coefficient (Wildman–Crippen LogP) is 14.4. The van der Waals surface area contributed by atoms with Crippen molar-refractivity contribution < 1.29 is 23.7 Å². The zero-order valence-electron chi connectivity index (χ0n) is 41.9. The molecule has 2 aliphatic heterocycles. The first-order valence-electron chi connectivity index (χ1n) is 25.2. The zero-order valence-corrected chi connectivity index (χ0v) is 41.9. The molecule has 0 radical (unpaired) electrons. The number of ether oxygens (including phenoxy) is 1. The van der Waals surface area contributed by atoms with E-state index < -0.39 is 6.23 Å². The van der Waals surface area contributed by atoms with Crippen LogP contribution in [0.3, 0.4) is 0 Å². The highest BCUT2D eigenvalue weighted by Crippen LogP contribution is 2.48. The van der Waals surface area contributed by atoms with Gasteiger partial charge < -0.3 is 15.0 Å². The molecule has 2 bridgehead atoms. The van der Waals surface area contributed by atoms with Crippen LogP contribution in [0.25, 0.3) is 6.08 Å². The van der Waals surface area contributed by atoms with Crippen LogP contribution >= 0.6 is 0 Å². The summed E-state index contributed by atoms with van der Waals surface area (Å²) >= 11 is 0. The van der Waals surface area contributed by atoms with E-state index in [0.717, 1.165) is 94.2 Å². The number of nitrogens with zero attached hydrogens (tertiary/aromatic N) is 2. The molecule has 3 aromatic rings. The van der Waals surface area contributed by atoms with E-state index >= 15 is 0 Å². The van der Waals surface area contributed by atoms with E-state index in [2.05, 4.69) is 156 Å². The van der Waals surface area contributed by atoms with Crippen LogP contribution < -0.4 is 10.2 Å². The van der Waals surface area contributed by atoms with E-state index in [9.17, 15) is 14.4 Å². The molecule has 2 aliphatic carbocycles. The Morgan fingerprint density at radius 1 is 0.853 bits per heavy atom. The van der Waals surface area contributed by atoms with Crippen LogP contribution in [0.1, 0.15) is 164 Å². The number of benzene rings is 3. The highest BCUT2D eigenvalue weighted by molar-refractivity contribution is 6.03. The largest absolute Gasteiger partial charge is 0.444 e. The number of nitrogens with one attached hydrogen (secondary N) is 1. The molecule has 2 unspecified atom stereocenters. The van der Waals surface area contributed by atoms with Crippen LogP contribution in [0, 0.1) is 31.6 Å². The van der Waals surface area contributed by atoms with Crippen molar-refractivity contribution in [3.05, 3.63) is 149 Å². The van der Waals surface area contributed by atoms with Crippen LogP contribution in [-0.4, -0.2) is 47.8 Å². The molecule has 1 fully saturated rings. The molecule has 1 amide bonds. The Morgan fingerprint density at radius 3 is 2.25 bits per heavy atom. The summed E-state index contributed by atoms with van der Waals surface area (Å²) in [5.74, 6) is 2.53. The molecule has 68 heavy (non-hydrogen) atoms. The van der Waals surface area contributed by atoms with Gasteiger partial charge >= 0.3 is 0 Å². The van der Waals surface area contributed by atoms with E-state index in [4.69, 9.17) is 4.74 Å². The Balaban J connectivity index is 0.000000347. The van der Waals surface area contributed by atoms with Crippen molar-refractivity contribution in [2.24, 2.45) is 17.8 Å². The number of likely N-dealkylation sites (N-methyl/N-ethyl adjacent to an activating group) is 1. The summed E-state index contributed by atoms with van der Waals surface area (Å²) in [6.45, 7) is 24.1. The number of hydrogen-bond donors (Lipinski definition) is 1. The maximum atomic E-state index is 12.7. The summed E-state index contributed by atoms with van der Waals surface area (Å²) in [7, 11) is 0. The molecule has 4 aliphatic rings. The molecule has 364 valence electrons. The monoisotopic (exact) mass is 921 g/mol. The standard InChI is InChI=1S/C44H57N2O.C16H21NO3.CH4/c1-8-45-39-24-18-31(2)27-37(39)43(4,5)41(45)16-12-9-13-17-42-44(6,7)38-28-32(3)19-25-40(38)46(42)26-14-10-11-15-36(47)23-22-35-30-33-20-21-34(35)29-33;1-3-5-6-7-15(20-12-18)17-16(19)14-10-8-13(4-2)9-11-14;/h9,12-13,16-21,24-25,27-28,33-35H,8,10-11,14-15,22-23,26,29-30H2,1-7H3;4,8-12,15H,2-3,5-7H2,1H3,(H,17,19);1H4/q+1;;/t33?,34-,35+;;/m0../s1. The summed E-state index contributed by atoms with van der Waals surface area (Å²) < 4.78 is 7.44. The minimum atomic E-state index is -0.564. The third-order valence-electron chi connectivity index (χ3n) is 14.7. The Morgan fingerprint density at radius 2 is 1.59 bits per heavy atom. The molecule has 2 heterocycles. The second-order valence-corrected chi connectivity index (χ2v) is 20.3. The maximum Gasteiger partial charge on any atom is 0.295 e. The van der Waals surface area contributed by atoms with Crippen LogP contribution in [0.15, 0.2) is 115 Å². The van der Waals surface area contributed by atoms with Gasteiger partial charge in [0.05, 0.1) is 5.41 Å². The van der Waals surface area contributed by atoms with E-state index in [1.54, 1.807) is 18.2 Å². The van der Waals surface area contributed by atoms with Gasteiger partial charge in [-0.05, 0) is 132 Å². The predicted molar refractivity (Wildman–Crippen MR) is 285 cm³/mol. The SMILES string of the molecule is C.C=Cc1ccc(C(=O)NC(CCCCC)OC=O)cc1.CCN1C(=CC=CC=CC2=[N+](CCCCCC(=O)CC[C@@H]3CC4C=C[C@H]3C4)c3ccc(C)cc3C2(C)C)C(C)(C)c2cc(C)ccc21. The van der Waals surface area contributed by atoms with Gasteiger partial charge in [-0.15, -0.1) is 0 Å². The Kier molecular flexibility index (Phi) is 19.3. The number of fused-ring (bicyclic) bond motifs is 4. The van der Waals surface area contributed by atoms with Gasteiger partial charge in [-0.2, -0.15) is 4.58 Å². The number of Topliss-reactive ketones (excluding diaryl/α,β-unsaturated/α-hetero) is 1. The highest BCUT2D eigenvalue weighted by atomic mass is 16.5. The quantitative estimate of drug-likeness (QED) is 0.0271. The first-order chi connectivity index (χ1) is 32.2. The molecule has 0 spiro atoms. The molecule has 4 atom stereocenters. The van der Waals surface area contributed by atoms with E-state index in [-0.39, 0.29) is 24.2 Å². The van der Waals surface area contributed by atoms with Gasteiger partial charge in [0, 0.05) is 72.3 Å². The van der Waals surface area contributed by atoms with Crippen molar-refractivity contribution in [2.45, 2.75) is 157 Å². The molecule has 7 heteroatoms. The zero-order chi connectivity index (χ0) is 48.1. The smallest absolute Gasteiger partial charge is 0.295 e. The van der Waals surface area contributed by atoms with Crippen LogP contribution in [-0.2, 0) is 25.2 Å². The highest BCUT2D eigenvalue weighted by Gasteiger charge is 2.44. The average molecular weight is 921 g/mol. The number of hydrogen-bond acceptors (Lipinski definition) is 5. The molecule has 7 nitrogen and oxygen atoms in total. The van der Waals surface area contributed by atoms with Crippen LogP contribution in [0.4, 0.5) is 11.4 Å². The first kappa shape index (κ1) is 53.4. The maximum absolute atomic E-state index is 12.7. The summed E-state index contributed by atoms with van der Waals surface area (Å²) in [5.41, 5.74) is 12.2. The molecular formula is C61H82N3O4+. The lowest BCUT2D eigenvalue weighted by atomic mass is 9.81. The van der Waals surface area contributed by atoms with Gasteiger partial charge in [0.1, 0.15) is 12.3 Å². The molecule has 7 rings (SSSR count). The number of rotatable bonds is 22. The second-order valence-electron chi connectivity index (χ2n) is 20.3. The number of aryl methyl sites for hydroxylation is 2. The summed E-state index contributed by atoms with van der Waals surface area (Å²) in [6, 6.07) is 20.8. The van der Waals surface area contributed by atoms with Gasteiger partial charge in [-0.1, -0.05) is 126 Å². The van der Waals surface area contributed by atoms with Crippen molar-refractivity contribution >= 4 is 41.3 Å². The van der Waals surface area contributed by atoms with E-state index in [1.165, 1.54) is 57.9 Å². The molecule has 0 saturated heterocycles. The molecule has 3 aromatic carbocycles. The van der Waals surface area contributed by atoms with Gasteiger partial charge in [-0.25, -0.2) is 0 Å². The van der Waals surface area contributed by atoms with Crippen LogP contribution in [0.5, 0.6) is 0 Å². The van der Waals surface area contributed by atoms with Gasteiger partial charge in [0.2, 0.25) is 5.69 Å². The lowest BCUT2D eigenvalue weighted by molar-refractivity contribution is -0.438. The minimum absolute atomic E-state index is 0. The Hall–Kier alpha value is -5.56.